The molecule has 2 heteroatoms. The Labute approximate surface area is 112 Å². The van der Waals surface area contributed by atoms with E-state index < -0.39 is 0 Å². The predicted octanol–water partition coefficient (Wildman–Crippen LogP) is 3.36. The number of rotatable bonds is 6. The molecule has 3 rings (SSSR count). The Morgan fingerprint density at radius 3 is 2.83 bits per heavy atom. The van der Waals surface area contributed by atoms with Crippen molar-refractivity contribution in [2.24, 2.45) is 17.3 Å². The molecule has 2 aliphatic carbocycles. The zero-order valence-electron chi connectivity index (χ0n) is 11.9. The van der Waals surface area contributed by atoms with E-state index in [0.717, 1.165) is 18.4 Å². The van der Waals surface area contributed by atoms with Crippen LogP contribution < -0.4 is 5.32 Å². The van der Waals surface area contributed by atoms with Crippen molar-refractivity contribution in [2.75, 3.05) is 19.7 Å². The molecule has 1 N–H and O–H groups in total. The summed E-state index contributed by atoms with van der Waals surface area (Å²) in [4.78, 5) is 0. The third-order valence-electron chi connectivity index (χ3n) is 5.66. The Bertz CT molecular complexity index is 274. The van der Waals surface area contributed by atoms with Crippen LogP contribution in [-0.4, -0.2) is 25.8 Å². The van der Waals surface area contributed by atoms with Crippen LogP contribution in [0.5, 0.6) is 0 Å². The largest absolute Gasteiger partial charge is 0.378 e. The number of hydrogen-bond donors (Lipinski definition) is 1. The SMILES string of the molecule is CCCNCC1(CC2CCCO2)CC2CCC1C2. The summed E-state index contributed by atoms with van der Waals surface area (Å²) in [7, 11) is 0. The first-order valence-corrected chi connectivity index (χ1v) is 8.15. The van der Waals surface area contributed by atoms with Crippen molar-refractivity contribution < 1.29 is 4.74 Å². The number of ether oxygens (including phenoxy) is 1. The Morgan fingerprint density at radius 2 is 2.22 bits per heavy atom. The number of nitrogens with one attached hydrogen (secondary N) is 1. The Balaban J connectivity index is 1.63. The fourth-order valence-electron chi connectivity index (χ4n) is 4.87. The molecular weight excluding hydrogens is 222 g/mol. The van der Waals surface area contributed by atoms with Crippen LogP contribution in [0, 0.1) is 17.3 Å². The predicted molar refractivity (Wildman–Crippen MR) is 74.6 cm³/mol. The van der Waals surface area contributed by atoms with Crippen LogP contribution in [-0.2, 0) is 4.74 Å². The maximum atomic E-state index is 5.93. The fraction of sp³-hybridized carbons (Fsp3) is 1.00. The van der Waals surface area contributed by atoms with Crippen LogP contribution in [0.4, 0.5) is 0 Å². The molecular formula is C16H29NO. The summed E-state index contributed by atoms with van der Waals surface area (Å²) in [6.45, 7) is 5.71. The quantitative estimate of drug-likeness (QED) is 0.731. The first-order valence-electron chi connectivity index (χ1n) is 8.15. The second-order valence-electron chi connectivity index (χ2n) is 6.96. The summed E-state index contributed by atoms with van der Waals surface area (Å²) in [5, 5.41) is 3.72. The monoisotopic (exact) mass is 251 g/mol. The average Bonchev–Trinajstić information content (AvgIpc) is 3.06. The summed E-state index contributed by atoms with van der Waals surface area (Å²) in [5.41, 5.74) is 0.590. The highest BCUT2D eigenvalue weighted by Crippen LogP contribution is 2.58. The van der Waals surface area contributed by atoms with Gasteiger partial charge in [-0.25, -0.2) is 0 Å². The fourth-order valence-corrected chi connectivity index (χ4v) is 4.87. The lowest BCUT2D eigenvalue weighted by Crippen LogP contribution is -2.41. The van der Waals surface area contributed by atoms with Gasteiger partial charge in [-0.3, -0.25) is 0 Å². The molecule has 1 heterocycles. The second-order valence-corrected chi connectivity index (χ2v) is 6.96. The van der Waals surface area contributed by atoms with Gasteiger partial charge in [-0.15, -0.1) is 0 Å². The first kappa shape index (κ1) is 12.9. The highest BCUT2D eigenvalue weighted by molar-refractivity contribution is 5.02. The van der Waals surface area contributed by atoms with Crippen molar-refractivity contribution in [2.45, 2.75) is 64.4 Å². The van der Waals surface area contributed by atoms with E-state index in [1.165, 1.54) is 64.5 Å². The van der Waals surface area contributed by atoms with E-state index in [2.05, 4.69) is 12.2 Å². The van der Waals surface area contributed by atoms with E-state index in [1.807, 2.05) is 0 Å². The first-order chi connectivity index (χ1) is 8.82. The van der Waals surface area contributed by atoms with Crippen LogP contribution in [0.3, 0.4) is 0 Å². The van der Waals surface area contributed by atoms with Gasteiger partial charge in [0.1, 0.15) is 0 Å². The molecule has 2 bridgehead atoms. The van der Waals surface area contributed by atoms with Crippen molar-refractivity contribution >= 4 is 0 Å². The smallest absolute Gasteiger partial charge is 0.0581 e. The van der Waals surface area contributed by atoms with Gasteiger partial charge in [-0.2, -0.15) is 0 Å². The van der Waals surface area contributed by atoms with E-state index in [4.69, 9.17) is 4.74 Å². The molecule has 2 saturated carbocycles. The summed E-state index contributed by atoms with van der Waals surface area (Å²) in [5.74, 6) is 2.04. The Kier molecular flexibility index (Phi) is 3.95. The van der Waals surface area contributed by atoms with Crippen LogP contribution in [0.25, 0.3) is 0 Å². The van der Waals surface area contributed by atoms with Gasteiger partial charge in [0.25, 0.3) is 0 Å². The zero-order chi connectivity index (χ0) is 12.4. The van der Waals surface area contributed by atoms with Gasteiger partial charge in [0, 0.05) is 13.2 Å². The topological polar surface area (TPSA) is 21.3 Å². The van der Waals surface area contributed by atoms with Crippen molar-refractivity contribution in [1.29, 1.82) is 0 Å². The molecule has 3 aliphatic rings. The van der Waals surface area contributed by atoms with Crippen LogP contribution in [0.2, 0.25) is 0 Å². The lowest BCUT2D eigenvalue weighted by atomic mass is 9.69. The lowest BCUT2D eigenvalue weighted by Gasteiger charge is -2.40. The van der Waals surface area contributed by atoms with Crippen LogP contribution in [0.1, 0.15) is 58.3 Å². The third-order valence-corrected chi connectivity index (χ3v) is 5.66. The molecule has 18 heavy (non-hydrogen) atoms. The number of hydrogen-bond acceptors (Lipinski definition) is 2. The molecule has 2 nitrogen and oxygen atoms in total. The van der Waals surface area contributed by atoms with Gasteiger partial charge in [-0.1, -0.05) is 13.3 Å². The highest BCUT2D eigenvalue weighted by Gasteiger charge is 2.51. The van der Waals surface area contributed by atoms with Gasteiger partial charge in [-0.05, 0) is 68.7 Å². The normalized spacial score (nSPS) is 42.8. The average molecular weight is 251 g/mol. The zero-order valence-corrected chi connectivity index (χ0v) is 11.9. The van der Waals surface area contributed by atoms with Crippen molar-refractivity contribution in [3.05, 3.63) is 0 Å². The molecule has 1 aliphatic heterocycles. The molecule has 0 spiro atoms. The van der Waals surface area contributed by atoms with Gasteiger partial charge >= 0.3 is 0 Å². The molecule has 4 unspecified atom stereocenters. The van der Waals surface area contributed by atoms with Crippen LogP contribution in [0.15, 0.2) is 0 Å². The summed E-state index contributed by atoms with van der Waals surface area (Å²) in [6.07, 6.45) is 11.8. The molecule has 0 radical (unpaired) electrons. The van der Waals surface area contributed by atoms with Gasteiger partial charge in [0.2, 0.25) is 0 Å². The highest BCUT2D eigenvalue weighted by atomic mass is 16.5. The van der Waals surface area contributed by atoms with Crippen molar-refractivity contribution in [3.8, 4) is 0 Å². The summed E-state index contributed by atoms with van der Waals surface area (Å²) < 4.78 is 5.93. The minimum Gasteiger partial charge on any atom is -0.378 e. The Morgan fingerprint density at radius 1 is 1.28 bits per heavy atom. The molecule has 0 aromatic rings. The summed E-state index contributed by atoms with van der Waals surface area (Å²) >= 11 is 0. The molecule has 0 amide bonds. The van der Waals surface area contributed by atoms with E-state index in [0.29, 0.717) is 11.5 Å². The minimum atomic E-state index is 0.577. The molecule has 0 aromatic heterocycles. The van der Waals surface area contributed by atoms with Gasteiger partial charge < -0.3 is 10.1 Å². The lowest BCUT2D eigenvalue weighted by molar-refractivity contribution is 0.0339. The van der Waals surface area contributed by atoms with Gasteiger partial charge in [0.05, 0.1) is 6.10 Å². The molecule has 1 saturated heterocycles. The van der Waals surface area contributed by atoms with Crippen molar-refractivity contribution in [1.82, 2.24) is 5.32 Å². The third kappa shape index (κ3) is 2.46. The molecule has 104 valence electrons. The second kappa shape index (κ2) is 5.50. The van der Waals surface area contributed by atoms with E-state index in [9.17, 15) is 0 Å². The maximum absolute atomic E-state index is 5.93. The molecule has 4 atom stereocenters. The van der Waals surface area contributed by atoms with Crippen LogP contribution >= 0.6 is 0 Å². The minimum absolute atomic E-state index is 0.577. The van der Waals surface area contributed by atoms with Gasteiger partial charge in [0.15, 0.2) is 0 Å². The Hall–Kier alpha value is -0.0800. The van der Waals surface area contributed by atoms with E-state index in [-0.39, 0.29) is 0 Å². The van der Waals surface area contributed by atoms with E-state index in [1.54, 1.807) is 0 Å². The maximum Gasteiger partial charge on any atom is 0.0581 e. The molecule has 0 aromatic carbocycles. The van der Waals surface area contributed by atoms with E-state index >= 15 is 0 Å². The molecule has 3 fully saturated rings. The summed E-state index contributed by atoms with van der Waals surface area (Å²) in [6, 6.07) is 0. The number of fused-ring (bicyclic) bond motifs is 2. The van der Waals surface area contributed by atoms with Crippen molar-refractivity contribution in [3.63, 3.8) is 0 Å². The standard InChI is InChI=1S/C16H29NO/c1-2-7-17-12-16(11-15-4-3-8-18-15)10-13-5-6-14(16)9-13/h13-15,17H,2-12H2,1H3.